The van der Waals surface area contributed by atoms with Gasteiger partial charge in [-0.3, -0.25) is 4.90 Å². The standard InChI is InChI=1S/C13H18F2N2O2/c1-19-11-3-2-9(8-10(11)18)12(13(14)15)17-6-4-16-5-7-17/h2-3,8,12-13,16,18H,4-7H2,1H3/t12-/m1/s1. The normalized spacial score (nSPS) is 18.5. The summed E-state index contributed by atoms with van der Waals surface area (Å²) in [6, 6.07) is 3.47. The Labute approximate surface area is 111 Å². The Bertz CT molecular complexity index is 423. The topological polar surface area (TPSA) is 44.7 Å². The van der Waals surface area contributed by atoms with Crippen LogP contribution in [-0.4, -0.2) is 49.7 Å². The number of hydrogen-bond acceptors (Lipinski definition) is 4. The van der Waals surface area contributed by atoms with Crippen molar-refractivity contribution in [2.75, 3.05) is 33.3 Å². The fourth-order valence-corrected chi connectivity index (χ4v) is 2.37. The number of ether oxygens (including phenoxy) is 1. The molecular weight excluding hydrogens is 254 g/mol. The predicted octanol–water partition coefficient (Wildman–Crippen LogP) is 1.61. The minimum Gasteiger partial charge on any atom is -0.504 e. The van der Waals surface area contributed by atoms with Crippen molar-refractivity contribution in [3.8, 4) is 11.5 Å². The summed E-state index contributed by atoms with van der Waals surface area (Å²) in [7, 11) is 1.43. The third-order valence-corrected chi connectivity index (χ3v) is 3.33. The van der Waals surface area contributed by atoms with E-state index in [4.69, 9.17) is 4.74 Å². The van der Waals surface area contributed by atoms with Gasteiger partial charge < -0.3 is 15.2 Å². The molecule has 1 aliphatic rings. The highest BCUT2D eigenvalue weighted by molar-refractivity contribution is 5.42. The highest BCUT2D eigenvalue weighted by Gasteiger charge is 2.30. The van der Waals surface area contributed by atoms with Crippen molar-refractivity contribution in [1.29, 1.82) is 0 Å². The first kappa shape index (κ1) is 14.0. The van der Waals surface area contributed by atoms with Gasteiger partial charge in [-0.2, -0.15) is 0 Å². The van der Waals surface area contributed by atoms with Gasteiger partial charge in [0.25, 0.3) is 6.43 Å². The number of hydrogen-bond donors (Lipinski definition) is 2. The van der Waals surface area contributed by atoms with E-state index in [1.165, 1.54) is 19.2 Å². The van der Waals surface area contributed by atoms with Gasteiger partial charge in [0.2, 0.25) is 0 Å². The number of alkyl halides is 2. The maximum absolute atomic E-state index is 13.3. The molecule has 2 N–H and O–H groups in total. The van der Waals surface area contributed by atoms with Crippen molar-refractivity contribution >= 4 is 0 Å². The molecule has 0 radical (unpaired) electrons. The van der Waals surface area contributed by atoms with Gasteiger partial charge in [-0.05, 0) is 17.7 Å². The van der Waals surface area contributed by atoms with E-state index in [2.05, 4.69) is 5.32 Å². The molecule has 1 saturated heterocycles. The second kappa shape index (κ2) is 6.16. The van der Waals surface area contributed by atoms with Gasteiger partial charge in [0, 0.05) is 26.2 Å². The second-order valence-corrected chi connectivity index (χ2v) is 4.50. The molecule has 0 amide bonds. The maximum atomic E-state index is 13.3. The summed E-state index contributed by atoms with van der Waals surface area (Å²) in [6.07, 6.45) is -2.49. The first-order valence-corrected chi connectivity index (χ1v) is 6.23. The van der Waals surface area contributed by atoms with Crippen molar-refractivity contribution < 1.29 is 18.6 Å². The first-order valence-electron chi connectivity index (χ1n) is 6.23. The molecule has 1 fully saturated rings. The number of nitrogens with one attached hydrogen (secondary N) is 1. The Morgan fingerprint density at radius 2 is 2.00 bits per heavy atom. The van der Waals surface area contributed by atoms with Crippen molar-refractivity contribution in [1.82, 2.24) is 10.2 Å². The smallest absolute Gasteiger partial charge is 0.258 e. The van der Waals surface area contributed by atoms with Crippen LogP contribution in [-0.2, 0) is 0 Å². The van der Waals surface area contributed by atoms with Gasteiger partial charge in [0.15, 0.2) is 11.5 Å². The van der Waals surface area contributed by atoms with Gasteiger partial charge in [-0.15, -0.1) is 0 Å². The summed E-state index contributed by atoms with van der Waals surface area (Å²) < 4.78 is 31.5. The van der Waals surface area contributed by atoms with Crippen LogP contribution in [0.1, 0.15) is 11.6 Å². The molecule has 1 heterocycles. The highest BCUT2D eigenvalue weighted by Crippen LogP contribution is 2.34. The molecule has 0 spiro atoms. The van der Waals surface area contributed by atoms with Crippen LogP contribution in [0.15, 0.2) is 18.2 Å². The van der Waals surface area contributed by atoms with Crippen LogP contribution in [0.5, 0.6) is 11.5 Å². The summed E-state index contributed by atoms with van der Waals surface area (Å²) in [5.41, 5.74) is 0.412. The lowest BCUT2D eigenvalue weighted by atomic mass is 10.0. The second-order valence-electron chi connectivity index (χ2n) is 4.50. The monoisotopic (exact) mass is 272 g/mol. The van der Waals surface area contributed by atoms with E-state index in [9.17, 15) is 13.9 Å². The maximum Gasteiger partial charge on any atom is 0.258 e. The Kier molecular flexibility index (Phi) is 4.55. The summed E-state index contributed by atoms with van der Waals surface area (Å²) >= 11 is 0. The molecule has 1 atom stereocenters. The molecule has 0 aliphatic carbocycles. The molecule has 1 aliphatic heterocycles. The van der Waals surface area contributed by atoms with Crippen molar-refractivity contribution in [3.05, 3.63) is 23.8 Å². The molecule has 6 heteroatoms. The number of aromatic hydroxyl groups is 1. The first-order chi connectivity index (χ1) is 9.13. The van der Waals surface area contributed by atoms with Gasteiger partial charge >= 0.3 is 0 Å². The average molecular weight is 272 g/mol. The van der Waals surface area contributed by atoms with Crippen LogP contribution in [0.3, 0.4) is 0 Å². The zero-order valence-corrected chi connectivity index (χ0v) is 10.8. The lowest BCUT2D eigenvalue weighted by Crippen LogP contribution is -2.46. The van der Waals surface area contributed by atoms with E-state index in [1.54, 1.807) is 11.0 Å². The molecule has 0 bridgehead atoms. The van der Waals surface area contributed by atoms with Gasteiger partial charge in [0.1, 0.15) is 0 Å². The Morgan fingerprint density at radius 1 is 1.32 bits per heavy atom. The average Bonchev–Trinajstić information content (AvgIpc) is 2.40. The van der Waals surface area contributed by atoms with Gasteiger partial charge in [-0.25, -0.2) is 8.78 Å². The summed E-state index contributed by atoms with van der Waals surface area (Å²) in [5, 5.41) is 12.9. The Morgan fingerprint density at radius 3 is 2.53 bits per heavy atom. The zero-order valence-electron chi connectivity index (χ0n) is 10.8. The molecule has 0 unspecified atom stereocenters. The number of benzene rings is 1. The third-order valence-electron chi connectivity index (χ3n) is 3.33. The molecular formula is C13H18F2N2O2. The van der Waals surface area contributed by atoms with E-state index in [1.807, 2.05) is 0 Å². The van der Waals surface area contributed by atoms with Crippen molar-refractivity contribution in [2.45, 2.75) is 12.5 Å². The van der Waals surface area contributed by atoms with Crippen molar-refractivity contribution in [3.63, 3.8) is 0 Å². The molecule has 4 nitrogen and oxygen atoms in total. The van der Waals surface area contributed by atoms with E-state index in [0.717, 1.165) is 0 Å². The SMILES string of the molecule is COc1ccc([C@H](C(F)F)N2CCNCC2)cc1O. The van der Waals surface area contributed by atoms with E-state index >= 15 is 0 Å². The van der Waals surface area contributed by atoms with Crippen LogP contribution >= 0.6 is 0 Å². The fraction of sp³-hybridized carbons (Fsp3) is 0.538. The fourth-order valence-electron chi connectivity index (χ4n) is 2.37. The molecule has 106 valence electrons. The van der Waals surface area contributed by atoms with E-state index in [-0.39, 0.29) is 11.5 Å². The number of phenols is 1. The number of piperazine rings is 1. The molecule has 2 rings (SSSR count). The Balaban J connectivity index is 2.25. The van der Waals surface area contributed by atoms with E-state index in [0.29, 0.717) is 31.7 Å². The highest BCUT2D eigenvalue weighted by atomic mass is 19.3. The molecule has 0 saturated carbocycles. The number of nitrogens with zero attached hydrogens (tertiary/aromatic N) is 1. The lowest BCUT2D eigenvalue weighted by molar-refractivity contribution is 0.0181. The summed E-state index contributed by atoms with van der Waals surface area (Å²) in [6.45, 7) is 2.54. The lowest BCUT2D eigenvalue weighted by Gasteiger charge is -2.34. The quantitative estimate of drug-likeness (QED) is 0.874. The molecule has 0 aromatic heterocycles. The van der Waals surface area contributed by atoms with Crippen LogP contribution in [0.2, 0.25) is 0 Å². The third kappa shape index (κ3) is 3.13. The number of methoxy groups -OCH3 is 1. The van der Waals surface area contributed by atoms with Crippen molar-refractivity contribution in [2.24, 2.45) is 0 Å². The number of phenolic OH excluding ortho intramolecular Hbond substituents is 1. The minimum atomic E-state index is -2.49. The van der Waals surface area contributed by atoms with Crippen LogP contribution in [0.4, 0.5) is 8.78 Å². The largest absolute Gasteiger partial charge is 0.504 e. The van der Waals surface area contributed by atoms with Crippen LogP contribution in [0, 0.1) is 0 Å². The predicted molar refractivity (Wildman–Crippen MR) is 67.8 cm³/mol. The van der Waals surface area contributed by atoms with Crippen LogP contribution in [0.25, 0.3) is 0 Å². The van der Waals surface area contributed by atoms with Gasteiger partial charge in [0.05, 0.1) is 13.2 Å². The Hall–Kier alpha value is -1.40. The minimum absolute atomic E-state index is 0.110. The van der Waals surface area contributed by atoms with Gasteiger partial charge in [-0.1, -0.05) is 6.07 Å². The molecule has 1 aromatic rings. The number of rotatable bonds is 4. The van der Waals surface area contributed by atoms with E-state index < -0.39 is 12.5 Å². The summed E-state index contributed by atoms with van der Waals surface area (Å²) in [4.78, 5) is 1.74. The zero-order chi connectivity index (χ0) is 13.8. The summed E-state index contributed by atoms with van der Waals surface area (Å²) in [5.74, 6) is 0.179. The van der Waals surface area contributed by atoms with Crippen LogP contribution < -0.4 is 10.1 Å². The molecule has 1 aromatic carbocycles. The molecule has 19 heavy (non-hydrogen) atoms. The number of halogens is 2.